The Hall–Kier alpha value is -0.680. The van der Waals surface area contributed by atoms with Crippen LogP contribution in [0.4, 0.5) is 0 Å². The van der Waals surface area contributed by atoms with Gasteiger partial charge in [0.25, 0.3) is 5.91 Å². The Labute approximate surface area is 116 Å². The summed E-state index contributed by atoms with van der Waals surface area (Å²) in [5.74, 6) is 0.102. The van der Waals surface area contributed by atoms with Crippen LogP contribution < -0.4 is 0 Å². The third-order valence-electron chi connectivity index (χ3n) is 3.23. The molecule has 5 heteroatoms. The van der Waals surface area contributed by atoms with Crippen molar-refractivity contribution in [2.75, 3.05) is 6.26 Å². The number of hydrogen-bond donors (Lipinski definition) is 0. The summed E-state index contributed by atoms with van der Waals surface area (Å²) in [5.41, 5.74) is 0. The van der Waals surface area contributed by atoms with Crippen LogP contribution in [0.5, 0.6) is 0 Å². The van der Waals surface area contributed by atoms with Crippen LogP contribution in [0, 0.1) is 11.8 Å². The van der Waals surface area contributed by atoms with Gasteiger partial charge in [-0.2, -0.15) is 4.36 Å². The maximum Gasteiger partial charge on any atom is 0.257 e. The molecule has 18 heavy (non-hydrogen) atoms. The van der Waals surface area contributed by atoms with Crippen molar-refractivity contribution in [3.05, 3.63) is 28.7 Å². The molecular formula is C13H16BrNO2S. The predicted molar refractivity (Wildman–Crippen MR) is 75.8 cm³/mol. The molecule has 1 aromatic carbocycles. The molecule has 0 radical (unpaired) electrons. The van der Waals surface area contributed by atoms with Crippen molar-refractivity contribution in [2.45, 2.75) is 24.7 Å². The van der Waals surface area contributed by atoms with Crippen LogP contribution in [0.25, 0.3) is 0 Å². The maximum absolute atomic E-state index is 12.5. The van der Waals surface area contributed by atoms with Crippen LogP contribution in [0.2, 0.25) is 0 Å². The highest BCUT2D eigenvalue weighted by Crippen LogP contribution is 2.37. The average Bonchev–Trinajstić information content (AvgIpc) is 3.11. The van der Waals surface area contributed by atoms with Crippen LogP contribution in [0.15, 0.2) is 38.0 Å². The smallest absolute Gasteiger partial charge is 0.257 e. The summed E-state index contributed by atoms with van der Waals surface area (Å²) in [4.78, 5) is 12.5. The molecule has 0 spiro atoms. The normalized spacial score (nSPS) is 19.9. The monoisotopic (exact) mass is 329 g/mol. The van der Waals surface area contributed by atoms with Gasteiger partial charge in [0.2, 0.25) is 0 Å². The third-order valence-corrected chi connectivity index (χ3v) is 5.88. The van der Waals surface area contributed by atoms with Gasteiger partial charge >= 0.3 is 0 Å². The summed E-state index contributed by atoms with van der Waals surface area (Å²) >= 11 is 3.35. The van der Waals surface area contributed by atoms with Crippen molar-refractivity contribution >= 4 is 31.6 Å². The lowest BCUT2D eigenvalue weighted by molar-refractivity contribution is -0.121. The Bertz CT molecular complexity index is 586. The fourth-order valence-electron chi connectivity index (χ4n) is 1.85. The lowest BCUT2D eigenvalue weighted by atomic mass is 10.1. The molecule has 0 bridgehead atoms. The quantitative estimate of drug-likeness (QED) is 0.852. The van der Waals surface area contributed by atoms with E-state index in [1.54, 1.807) is 12.1 Å². The molecule has 2 atom stereocenters. The zero-order chi connectivity index (χ0) is 13.3. The molecule has 0 heterocycles. The molecule has 1 aliphatic rings. The lowest BCUT2D eigenvalue weighted by Gasteiger charge is -2.09. The number of benzene rings is 1. The number of nitrogens with zero attached hydrogens (tertiary/aromatic N) is 1. The van der Waals surface area contributed by atoms with E-state index in [1.165, 1.54) is 6.26 Å². The van der Waals surface area contributed by atoms with Crippen LogP contribution >= 0.6 is 15.9 Å². The van der Waals surface area contributed by atoms with E-state index in [0.717, 1.165) is 17.3 Å². The number of hydrogen-bond acceptors (Lipinski definition) is 2. The number of carbonyl (C=O) groups is 1. The van der Waals surface area contributed by atoms with Crippen molar-refractivity contribution in [1.29, 1.82) is 0 Å². The first kappa shape index (κ1) is 13.7. The summed E-state index contributed by atoms with van der Waals surface area (Å²) in [5, 5.41) is 0. The van der Waals surface area contributed by atoms with E-state index in [-0.39, 0.29) is 11.8 Å². The largest absolute Gasteiger partial charge is 0.272 e. The molecular weight excluding hydrogens is 314 g/mol. The van der Waals surface area contributed by atoms with Gasteiger partial charge < -0.3 is 0 Å². The molecule has 0 aromatic heterocycles. The minimum absolute atomic E-state index is 0.103. The highest BCUT2D eigenvalue weighted by molar-refractivity contribution is 9.10. The molecule has 98 valence electrons. The predicted octanol–water partition coefficient (Wildman–Crippen LogP) is 3.48. The van der Waals surface area contributed by atoms with Gasteiger partial charge in [-0.3, -0.25) is 4.79 Å². The Morgan fingerprint density at radius 1 is 1.44 bits per heavy atom. The molecule has 1 fully saturated rings. The molecule has 1 saturated carbocycles. The van der Waals surface area contributed by atoms with E-state index in [9.17, 15) is 9.00 Å². The molecule has 0 N–H and O–H groups in total. The second-order valence-corrected chi connectivity index (χ2v) is 7.87. The van der Waals surface area contributed by atoms with Crippen LogP contribution in [-0.4, -0.2) is 16.4 Å². The summed E-state index contributed by atoms with van der Waals surface area (Å²) in [6.45, 7) is 1.87. The lowest BCUT2D eigenvalue weighted by Crippen LogP contribution is -2.13. The van der Waals surface area contributed by atoms with Gasteiger partial charge in [0, 0.05) is 16.6 Å². The van der Waals surface area contributed by atoms with Crippen LogP contribution in [0.1, 0.15) is 19.8 Å². The van der Waals surface area contributed by atoms with Gasteiger partial charge in [0.1, 0.15) is 0 Å². The Kier molecular flexibility index (Phi) is 3.92. The van der Waals surface area contributed by atoms with Crippen molar-refractivity contribution < 1.29 is 9.00 Å². The van der Waals surface area contributed by atoms with Crippen molar-refractivity contribution in [1.82, 2.24) is 0 Å². The summed E-state index contributed by atoms with van der Waals surface area (Å²) in [6, 6.07) is 7.19. The summed E-state index contributed by atoms with van der Waals surface area (Å²) in [6.07, 6.45) is 3.69. The standard InChI is InChI=1S/C13H16BrNO2S/c1-9(10-7-8-10)13(16)15-18(2,17)12-6-4-3-5-11(12)14/h3-6,9-10H,7-8H2,1-2H3. The van der Waals surface area contributed by atoms with Gasteiger partial charge in [0.15, 0.2) is 0 Å². The molecule has 2 rings (SSSR count). The van der Waals surface area contributed by atoms with Gasteiger partial charge in [-0.05, 0) is 46.8 Å². The number of amides is 1. The van der Waals surface area contributed by atoms with E-state index in [0.29, 0.717) is 10.8 Å². The van der Waals surface area contributed by atoms with Crippen LogP contribution in [0.3, 0.4) is 0 Å². The van der Waals surface area contributed by atoms with Crippen molar-refractivity contribution in [3.63, 3.8) is 0 Å². The van der Waals surface area contributed by atoms with Crippen molar-refractivity contribution in [2.24, 2.45) is 16.2 Å². The van der Waals surface area contributed by atoms with Gasteiger partial charge in [-0.1, -0.05) is 19.1 Å². The molecule has 1 amide bonds. The number of halogens is 1. The minimum atomic E-state index is -2.66. The Morgan fingerprint density at radius 2 is 2.06 bits per heavy atom. The Morgan fingerprint density at radius 3 is 2.61 bits per heavy atom. The average molecular weight is 330 g/mol. The minimum Gasteiger partial charge on any atom is -0.272 e. The van der Waals surface area contributed by atoms with E-state index in [4.69, 9.17) is 0 Å². The molecule has 1 aliphatic carbocycles. The first-order chi connectivity index (χ1) is 8.42. The first-order valence-electron chi connectivity index (χ1n) is 5.92. The van der Waals surface area contributed by atoms with Crippen molar-refractivity contribution in [3.8, 4) is 0 Å². The van der Waals surface area contributed by atoms with E-state index >= 15 is 0 Å². The van der Waals surface area contributed by atoms with E-state index in [2.05, 4.69) is 20.3 Å². The zero-order valence-electron chi connectivity index (χ0n) is 10.4. The molecule has 0 saturated heterocycles. The summed E-state index contributed by atoms with van der Waals surface area (Å²) < 4.78 is 17.2. The van der Waals surface area contributed by atoms with Gasteiger partial charge in [0.05, 0.1) is 14.6 Å². The SMILES string of the molecule is CC(C(=O)N=S(C)(=O)c1ccccc1Br)C1CC1. The summed E-state index contributed by atoms with van der Waals surface area (Å²) in [7, 11) is -2.66. The second-order valence-electron chi connectivity index (χ2n) is 4.79. The highest BCUT2D eigenvalue weighted by atomic mass is 79.9. The number of carbonyl (C=O) groups excluding carboxylic acids is 1. The zero-order valence-corrected chi connectivity index (χ0v) is 12.8. The molecule has 1 aromatic rings. The van der Waals surface area contributed by atoms with E-state index in [1.807, 2.05) is 19.1 Å². The Balaban J connectivity index is 2.33. The third kappa shape index (κ3) is 3.01. The first-order valence-corrected chi connectivity index (χ1v) is 8.64. The molecule has 0 aliphatic heterocycles. The fourth-order valence-corrected chi connectivity index (χ4v) is 4.41. The molecule has 2 unspecified atom stereocenters. The highest BCUT2D eigenvalue weighted by Gasteiger charge is 2.33. The van der Waals surface area contributed by atoms with Gasteiger partial charge in [-0.15, -0.1) is 0 Å². The number of rotatable bonds is 3. The van der Waals surface area contributed by atoms with Gasteiger partial charge in [-0.25, -0.2) is 4.21 Å². The maximum atomic E-state index is 12.5. The van der Waals surface area contributed by atoms with Crippen LogP contribution in [-0.2, 0) is 14.5 Å². The van der Waals surface area contributed by atoms with E-state index < -0.39 is 9.73 Å². The topological polar surface area (TPSA) is 46.5 Å². The molecule has 3 nitrogen and oxygen atoms in total. The fraction of sp³-hybridized carbons (Fsp3) is 0.462. The second kappa shape index (κ2) is 5.13.